The zero-order chi connectivity index (χ0) is 14.7. The molecule has 0 bridgehead atoms. The third-order valence-corrected chi connectivity index (χ3v) is 4.42. The van der Waals surface area contributed by atoms with Gasteiger partial charge >= 0.3 is 0 Å². The Labute approximate surface area is 129 Å². The van der Waals surface area contributed by atoms with Crippen LogP contribution in [0.15, 0.2) is 36.9 Å². The van der Waals surface area contributed by atoms with Gasteiger partial charge in [0.2, 0.25) is 5.82 Å². The van der Waals surface area contributed by atoms with Crippen LogP contribution in [0.4, 0.5) is 0 Å². The number of nitrogens with zero attached hydrogens (tertiary/aromatic N) is 4. The van der Waals surface area contributed by atoms with Crippen molar-refractivity contribution in [1.29, 1.82) is 0 Å². The Bertz CT molecular complexity index is 599. The van der Waals surface area contributed by atoms with Crippen molar-refractivity contribution in [2.45, 2.75) is 38.1 Å². The van der Waals surface area contributed by atoms with Crippen molar-refractivity contribution >= 4 is 11.6 Å². The average Bonchev–Trinajstić information content (AvgIpc) is 2.99. The lowest BCUT2D eigenvalue weighted by molar-refractivity contribution is 0.254. The van der Waals surface area contributed by atoms with Gasteiger partial charge in [-0.3, -0.25) is 0 Å². The van der Waals surface area contributed by atoms with Gasteiger partial charge in [0.15, 0.2) is 0 Å². The van der Waals surface area contributed by atoms with Gasteiger partial charge in [-0.1, -0.05) is 36.9 Å². The van der Waals surface area contributed by atoms with E-state index in [2.05, 4.69) is 22.0 Å². The number of hydrogen-bond acceptors (Lipinski definition) is 3. The smallest absolute Gasteiger partial charge is 0.157 e. The Kier molecular flexibility index (Phi) is 4.34. The van der Waals surface area contributed by atoms with E-state index in [0.717, 1.165) is 5.56 Å². The zero-order valence-corrected chi connectivity index (χ0v) is 12.7. The summed E-state index contributed by atoms with van der Waals surface area (Å²) in [5.74, 6) is 1.21. The van der Waals surface area contributed by atoms with E-state index >= 15 is 0 Å². The lowest BCUT2D eigenvalue weighted by Crippen LogP contribution is -2.22. The molecule has 2 aromatic rings. The monoisotopic (exact) mass is 302 g/mol. The van der Waals surface area contributed by atoms with Crippen LogP contribution in [0, 0.1) is 5.92 Å². The van der Waals surface area contributed by atoms with E-state index in [4.69, 9.17) is 11.6 Å². The Morgan fingerprint density at radius 2 is 1.90 bits per heavy atom. The Morgan fingerprint density at radius 3 is 2.57 bits per heavy atom. The molecule has 110 valence electrons. The summed E-state index contributed by atoms with van der Waals surface area (Å²) in [7, 11) is 0. The molecule has 0 unspecified atom stereocenters. The summed E-state index contributed by atoms with van der Waals surface area (Å²) < 4.78 is 0. The maximum atomic E-state index is 5.90. The van der Waals surface area contributed by atoms with E-state index in [-0.39, 0.29) is 6.04 Å². The van der Waals surface area contributed by atoms with Gasteiger partial charge in [-0.2, -0.15) is 4.80 Å². The molecule has 1 aliphatic rings. The summed E-state index contributed by atoms with van der Waals surface area (Å²) in [4.78, 5) is 1.72. The Balaban J connectivity index is 1.82. The molecule has 5 heteroatoms. The first-order valence-electron chi connectivity index (χ1n) is 7.46. The molecule has 0 N–H and O–H groups in total. The fourth-order valence-corrected chi connectivity index (χ4v) is 3.14. The molecule has 1 aromatic carbocycles. The van der Waals surface area contributed by atoms with Crippen LogP contribution in [0.25, 0.3) is 11.4 Å². The SMILES string of the molecule is C=C[C@@H](C1CCCCC1)n1nnc(-c2ccc(Cl)cc2)n1. The molecule has 0 spiro atoms. The van der Waals surface area contributed by atoms with Crippen molar-refractivity contribution in [1.82, 2.24) is 20.2 Å². The van der Waals surface area contributed by atoms with Gasteiger partial charge < -0.3 is 0 Å². The number of hydrogen-bond donors (Lipinski definition) is 0. The number of aromatic nitrogens is 4. The minimum Gasteiger partial charge on any atom is -0.157 e. The third kappa shape index (κ3) is 3.16. The van der Waals surface area contributed by atoms with Crippen LogP contribution in [-0.2, 0) is 0 Å². The molecule has 3 rings (SSSR count). The predicted octanol–water partition coefficient (Wildman–Crippen LogP) is 4.30. The van der Waals surface area contributed by atoms with Gasteiger partial charge in [0.1, 0.15) is 0 Å². The van der Waals surface area contributed by atoms with Gasteiger partial charge in [-0.15, -0.1) is 16.8 Å². The van der Waals surface area contributed by atoms with Gasteiger partial charge in [0.25, 0.3) is 0 Å². The summed E-state index contributed by atoms with van der Waals surface area (Å²) >= 11 is 5.90. The molecule has 4 nitrogen and oxygen atoms in total. The number of rotatable bonds is 4. The molecular weight excluding hydrogens is 284 g/mol. The summed E-state index contributed by atoms with van der Waals surface area (Å²) in [6, 6.07) is 7.63. The van der Waals surface area contributed by atoms with Gasteiger partial charge in [-0.25, -0.2) is 0 Å². The normalized spacial score (nSPS) is 17.6. The molecule has 1 aliphatic carbocycles. The highest BCUT2D eigenvalue weighted by Gasteiger charge is 2.24. The molecule has 1 saturated carbocycles. The van der Waals surface area contributed by atoms with Crippen LogP contribution < -0.4 is 0 Å². The van der Waals surface area contributed by atoms with Crippen molar-refractivity contribution in [3.8, 4) is 11.4 Å². The molecule has 1 aromatic heterocycles. The minimum absolute atomic E-state index is 0.138. The summed E-state index contributed by atoms with van der Waals surface area (Å²) in [5.41, 5.74) is 0.928. The quantitative estimate of drug-likeness (QED) is 0.791. The number of benzene rings is 1. The molecular formula is C16H19ClN4. The standard InChI is InChI=1S/C16H19ClN4/c1-2-15(12-6-4-3-5-7-12)21-19-16(18-20-21)13-8-10-14(17)11-9-13/h2,8-12,15H,1,3-7H2/t15-/m0/s1. The number of halogens is 1. The third-order valence-electron chi connectivity index (χ3n) is 4.17. The zero-order valence-electron chi connectivity index (χ0n) is 12.0. The summed E-state index contributed by atoms with van der Waals surface area (Å²) in [6.45, 7) is 3.96. The van der Waals surface area contributed by atoms with E-state index in [1.54, 1.807) is 4.80 Å². The van der Waals surface area contributed by atoms with Crippen LogP contribution in [0.1, 0.15) is 38.1 Å². The number of tetrazole rings is 1. The molecule has 0 radical (unpaired) electrons. The van der Waals surface area contributed by atoms with Crippen molar-refractivity contribution in [2.75, 3.05) is 0 Å². The Hall–Kier alpha value is -1.68. The van der Waals surface area contributed by atoms with Crippen molar-refractivity contribution < 1.29 is 0 Å². The molecule has 0 amide bonds. The molecule has 0 aliphatic heterocycles. The minimum atomic E-state index is 0.138. The second kappa shape index (κ2) is 6.39. The first kappa shape index (κ1) is 14.3. The molecule has 1 atom stereocenters. The largest absolute Gasteiger partial charge is 0.204 e. The van der Waals surface area contributed by atoms with Crippen molar-refractivity contribution in [3.63, 3.8) is 0 Å². The topological polar surface area (TPSA) is 43.6 Å². The Morgan fingerprint density at radius 1 is 1.19 bits per heavy atom. The highest BCUT2D eigenvalue weighted by molar-refractivity contribution is 6.30. The molecule has 0 saturated heterocycles. The van der Waals surface area contributed by atoms with Crippen LogP contribution >= 0.6 is 11.6 Å². The maximum Gasteiger partial charge on any atom is 0.204 e. The first-order valence-corrected chi connectivity index (χ1v) is 7.84. The van der Waals surface area contributed by atoms with E-state index in [1.807, 2.05) is 30.3 Å². The second-order valence-corrected chi connectivity index (χ2v) is 6.00. The van der Waals surface area contributed by atoms with E-state index in [1.165, 1.54) is 32.1 Å². The predicted molar refractivity (Wildman–Crippen MR) is 84.1 cm³/mol. The van der Waals surface area contributed by atoms with Gasteiger partial charge in [-0.05, 0) is 48.2 Å². The molecule has 1 fully saturated rings. The lowest BCUT2D eigenvalue weighted by Gasteiger charge is -2.26. The average molecular weight is 303 g/mol. The summed E-state index contributed by atoms with van der Waals surface area (Å²) in [6.07, 6.45) is 8.29. The van der Waals surface area contributed by atoms with Gasteiger partial charge in [0.05, 0.1) is 6.04 Å². The van der Waals surface area contributed by atoms with Crippen LogP contribution in [-0.4, -0.2) is 20.2 Å². The molecule has 1 heterocycles. The van der Waals surface area contributed by atoms with E-state index in [0.29, 0.717) is 16.8 Å². The fraction of sp³-hybridized carbons (Fsp3) is 0.438. The fourth-order valence-electron chi connectivity index (χ4n) is 3.02. The van der Waals surface area contributed by atoms with E-state index in [9.17, 15) is 0 Å². The first-order chi connectivity index (χ1) is 10.3. The highest BCUT2D eigenvalue weighted by Crippen LogP contribution is 2.33. The van der Waals surface area contributed by atoms with Crippen molar-refractivity contribution in [2.24, 2.45) is 5.92 Å². The molecule has 21 heavy (non-hydrogen) atoms. The lowest BCUT2D eigenvalue weighted by atomic mass is 9.84. The van der Waals surface area contributed by atoms with E-state index < -0.39 is 0 Å². The van der Waals surface area contributed by atoms with Crippen LogP contribution in [0.2, 0.25) is 5.02 Å². The highest BCUT2D eigenvalue weighted by atomic mass is 35.5. The second-order valence-electron chi connectivity index (χ2n) is 5.56. The van der Waals surface area contributed by atoms with Crippen LogP contribution in [0.5, 0.6) is 0 Å². The van der Waals surface area contributed by atoms with Crippen LogP contribution in [0.3, 0.4) is 0 Å². The van der Waals surface area contributed by atoms with Crippen molar-refractivity contribution in [3.05, 3.63) is 41.9 Å². The number of allylic oxidation sites excluding steroid dienone is 1. The van der Waals surface area contributed by atoms with Gasteiger partial charge in [0, 0.05) is 10.6 Å². The maximum absolute atomic E-state index is 5.90. The summed E-state index contributed by atoms with van der Waals surface area (Å²) in [5, 5.41) is 13.6.